The fraction of sp³-hybridized carbons (Fsp3) is 0.500. The Morgan fingerprint density at radius 1 is 1.32 bits per heavy atom. The number of carbonyl (C=O) groups excluding carboxylic acids is 1. The number of alkyl halides is 3. The largest absolute Gasteiger partial charge is 0.484 e. The number of anilines is 1. The van der Waals surface area contributed by atoms with E-state index in [4.69, 9.17) is 10.5 Å². The second-order valence-corrected chi connectivity index (χ2v) is 4.98. The molecule has 1 heterocycles. The SMILES string of the molecule is NC[C@H]1CC[C@@H](C(=O)Nc2ccc(OCC(F)(F)F)cc2)O1. The number of halogens is 3. The van der Waals surface area contributed by atoms with Crippen LogP contribution in [0.2, 0.25) is 0 Å². The van der Waals surface area contributed by atoms with Gasteiger partial charge in [-0.05, 0) is 37.1 Å². The minimum Gasteiger partial charge on any atom is -0.484 e. The predicted molar refractivity (Wildman–Crippen MR) is 73.6 cm³/mol. The summed E-state index contributed by atoms with van der Waals surface area (Å²) >= 11 is 0. The molecule has 3 N–H and O–H groups in total. The lowest BCUT2D eigenvalue weighted by Gasteiger charge is -2.13. The molecule has 22 heavy (non-hydrogen) atoms. The van der Waals surface area contributed by atoms with E-state index in [1.54, 1.807) is 0 Å². The van der Waals surface area contributed by atoms with Crippen molar-refractivity contribution >= 4 is 11.6 Å². The molecule has 122 valence electrons. The highest BCUT2D eigenvalue weighted by molar-refractivity contribution is 5.94. The second kappa shape index (κ2) is 6.97. The summed E-state index contributed by atoms with van der Waals surface area (Å²) in [6.45, 7) is -0.982. The van der Waals surface area contributed by atoms with Crippen LogP contribution in [0.15, 0.2) is 24.3 Å². The van der Waals surface area contributed by atoms with Crippen molar-refractivity contribution in [3.05, 3.63) is 24.3 Å². The summed E-state index contributed by atoms with van der Waals surface area (Å²) < 4.78 is 46.1. The molecule has 0 unspecified atom stereocenters. The van der Waals surface area contributed by atoms with Gasteiger partial charge in [-0.15, -0.1) is 0 Å². The number of nitrogens with two attached hydrogens (primary N) is 1. The maximum atomic E-state index is 12.0. The van der Waals surface area contributed by atoms with Crippen LogP contribution in [0.1, 0.15) is 12.8 Å². The van der Waals surface area contributed by atoms with Gasteiger partial charge < -0.3 is 20.5 Å². The van der Waals surface area contributed by atoms with Crippen LogP contribution < -0.4 is 15.8 Å². The third-order valence-corrected chi connectivity index (χ3v) is 3.19. The standard InChI is InChI=1S/C14H17F3N2O3/c15-14(16,17)8-21-10-3-1-9(2-4-10)19-13(20)12-6-5-11(7-18)22-12/h1-4,11-12H,5-8,18H2,(H,19,20)/t11-,12+/m1/s1. The van der Waals surface area contributed by atoms with Gasteiger partial charge in [0.15, 0.2) is 6.61 Å². The first-order valence-corrected chi connectivity index (χ1v) is 6.83. The van der Waals surface area contributed by atoms with Crippen LogP contribution in [0.4, 0.5) is 18.9 Å². The minimum absolute atomic E-state index is 0.0793. The van der Waals surface area contributed by atoms with E-state index in [0.29, 0.717) is 18.7 Å². The first-order chi connectivity index (χ1) is 10.4. The maximum absolute atomic E-state index is 12.0. The van der Waals surface area contributed by atoms with Crippen molar-refractivity contribution in [1.29, 1.82) is 0 Å². The van der Waals surface area contributed by atoms with E-state index >= 15 is 0 Å². The molecule has 5 nitrogen and oxygen atoms in total. The summed E-state index contributed by atoms with van der Waals surface area (Å²) in [6.07, 6.45) is -3.70. The van der Waals surface area contributed by atoms with Crippen molar-refractivity contribution < 1.29 is 27.4 Å². The van der Waals surface area contributed by atoms with Gasteiger partial charge in [-0.3, -0.25) is 4.79 Å². The van der Waals surface area contributed by atoms with Crippen LogP contribution in [0.5, 0.6) is 5.75 Å². The zero-order valence-electron chi connectivity index (χ0n) is 11.7. The van der Waals surface area contributed by atoms with E-state index in [2.05, 4.69) is 10.1 Å². The van der Waals surface area contributed by atoms with Crippen molar-refractivity contribution in [1.82, 2.24) is 0 Å². The predicted octanol–water partition coefficient (Wildman–Crippen LogP) is 2.07. The summed E-state index contributed by atoms with van der Waals surface area (Å²) in [5.74, 6) is -0.212. The topological polar surface area (TPSA) is 73.6 Å². The van der Waals surface area contributed by atoms with E-state index in [1.807, 2.05) is 0 Å². The number of hydrogen-bond donors (Lipinski definition) is 2. The van der Waals surface area contributed by atoms with Crippen molar-refractivity contribution in [3.8, 4) is 5.75 Å². The molecule has 0 bridgehead atoms. The maximum Gasteiger partial charge on any atom is 0.422 e. The third kappa shape index (κ3) is 4.88. The van der Waals surface area contributed by atoms with Crippen molar-refractivity contribution in [2.75, 3.05) is 18.5 Å². The van der Waals surface area contributed by atoms with Crippen molar-refractivity contribution in [2.45, 2.75) is 31.2 Å². The Hall–Kier alpha value is -1.80. The van der Waals surface area contributed by atoms with Crippen LogP contribution in [0.3, 0.4) is 0 Å². The lowest BCUT2D eigenvalue weighted by Crippen LogP contribution is -2.29. The number of amides is 1. The van der Waals surface area contributed by atoms with Gasteiger partial charge in [0.2, 0.25) is 0 Å². The molecule has 1 aliphatic rings. The van der Waals surface area contributed by atoms with Crippen LogP contribution in [-0.4, -0.2) is 37.4 Å². The van der Waals surface area contributed by atoms with Gasteiger partial charge in [0.05, 0.1) is 6.10 Å². The Bertz CT molecular complexity index is 505. The monoisotopic (exact) mass is 318 g/mol. The van der Waals surface area contributed by atoms with Gasteiger partial charge in [-0.25, -0.2) is 0 Å². The number of rotatable bonds is 5. The number of hydrogen-bond acceptors (Lipinski definition) is 4. The Morgan fingerprint density at radius 2 is 2.00 bits per heavy atom. The van der Waals surface area contributed by atoms with E-state index in [0.717, 1.165) is 6.42 Å². The Balaban J connectivity index is 1.84. The summed E-state index contributed by atoms with van der Waals surface area (Å²) in [5.41, 5.74) is 5.94. The molecule has 1 aromatic rings. The summed E-state index contributed by atoms with van der Waals surface area (Å²) in [7, 11) is 0. The quantitative estimate of drug-likeness (QED) is 0.872. The fourth-order valence-corrected chi connectivity index (χ4v) is 2.09. The smallest absolute Gasteiger partial charge is 0.422 e. The van der Waals surface area contributed by atoms with Crippen molar-refractivity contribution in [3.63, 3.8) is 0 Å². The van der Waals surface area contributed by atoms with E-state index in [9.17, 15) is 18.0 Å². The van der Waals surface area contributed by atoms with Gasteiger partial charge in [-0.1, -0.05) is 0 Å². The number of ether oxygens (including phenoxy) is 2. The number of nitrogens with one attached hydrogen (secondary N) is 1. The molecule has 1 saturated heterocycles. The zero-order chi connectivity index (χ0) is 16.2. The molecule has 0 radical (unpaired) electrons. The molecule has 1 aromatic carbocycles. The second-order valence-electron chi connectivity index (χ2n) is 4.98. The lowest BCUT2D eigenvalue weighted by molar-refractivity contribution is -0.153. The minimum atomic E-state index is -4.38. The average molecular weight is 318 g/mol. The van der Waals surface area contributed by atoms with Gasteiger partial charge in [0.1, 0.15) is 11.9 Å². The van der Waals surface area contributed by atoms with Gasteiger partial charge >= 0.3 is 6.18 Å². The molecule has 8 heteroatoms. The summed E-state index contributed by atoms with van der Waals surface area (Å²) in [4.78, 5) is 12.0. The highest BCUT2D eigenvalue weighted by atomic mass is 19.4. The van der Waals surface area contributed by atoms with Gasteiger partial charge in [0.25, 0.3) is 5.91 Å². The molecule has 2 rings (SSSR count). The Morgan fingerprint density at radius 3 is 2.55 bits per heavy atom. The molecule has 2 atom stereocenters. The average Bonchev–Trinajstić information content (AvgIpc) is 2.95. The lowest BCUT2D eigenvalue weighted by atomic mass is 10.2. The van der Waals surface area contributed by atoms with Crippen LogP contribution in [0.25, 0.3) is 0 Å². The molecule has 0 aromatic heterocycles. The Kier molecular flexibility index (Phi) is 5.25. The molecule has 0 saturated carbocycles. The van der Waals surface area contributed by atoms with Crippen LogP contribution in [0, 0.1) is 0 Å². The molecule has 1 aliphatic heterocycles. The molecular formula is C14H17F3N2O3. The highest BCUT2D eigenvalue weighted by Gasteiger charge is 2.30. The molecule has 0 spiro atoms. The van der Waals surface area contributed by atoms with Gasteiger partial charge in [-0.2, -0.15) is 13.2 Å². The molecule has 1 amide bonds. The van der Waals surface area contributed by atoms with Crippen LogP contribution >= 0.6 is 0 Å². The third-order valence-electron chi connectivity index (χ3n) is 3.19. The number of carbonyl (C=O) groups is 1. The first-order valence-electron chi connectivity index (χ1n) is 6.83. The summed E-state index contributed by atoms with van der Waals surface area (Å²) in [5, 5.41) is 2.65. The summed E-state index contributed by atoms with van der Waals surface area (Å²) in [6, 6.07) is 5.66. The zero-order valence-corrected chi connectivity index (χ0v) is 11.7. The Labute approximate surface area is 125 Å². The molecule has 0 aliphatic carbocycles. The van der Waals surface area contributed by atoms with E-state index in [1.165, 1.54) is 24.3 Å². The normalized spacial score (nSPS) is 21.6. The molecule has 1 fully saturated rings. The van der Waals surface area contributed by atoms with Gasteiger partial charge in [0, 0.05) is 12.2 Å². The fourth-order valence-electron chi connectivity index (χ4n) is 2.09. The molecular weight excluding hydrogens is 301 g/mol. The van der Waals surface area contributed by atoms with E-state index in [-0.39, 0.29) is 17.8 Å². The number of benzene rings is 1. The van der Waals surface area contributed by atoms with E-state index < -0.39 is 18.9 Å². The van der Waals surface area contributed by atoms with Crippen LogP contribution in [-0.2, 0) is 9.53 Å². The van der Waals surface area contributed by atoms with Crippen molar-refractivity contribution in [2.24, 2.45) is 5.73 Å². The highest BCUT2D eigenvalue weighted by Crippen LogP contribution is 2.22. The first kappa shape index (κ1) is 16.6.